The second-order valence-corrected chi connectivity index (χ2v) is 9.01. The van der Waals surface area contributed by atoms with Crippen LogP contribution in [0.25, 0.3) is 15.9 Å². The van der Waals surface area contributed by atoms with Crippen molar-refractivity contribution in [3.63, 3.8) is 0 Å². The maximum atomic E-state index is 13.7. The second-order valence-electron chi connectivity index (χ2n) is 6.87. The smallest absolute Gasteiger partial charge is 0.396 e. The van der Waals surface area contributed by atoms with E-state index in [1.165, 1.54) is 41.3 Å². The number of alkyl halides is 3. The summed E-state index contributed by atoms with van der Waals surface area (Å²) in [6.45, 7) is -0.0358. The molecule has 2 aromatic heterocycles. The average Bonchev–Trinajstić information content (AvgIpc) is 3.06. The van der Waals surface area contributed by atoms with Gasteiger partial charge in [0.2, 0.25) is 0 Å². The lowest BCUT2D eigenvalue weighted by Crippen LogP contribution is -2.25. The fourth-order valence-corrected chi connectivity index (χ4v) is 5.86. The summed E-state index contributed by atoms with van der Waals surface area (Å²) in [5, 5.41) is 9.75. The van der Waals surface area contributed by atoms with Crippen molar-refractivity contribution in [2.45, 2.75) is 43.4 Å². The summed E-state index contributed by atoms with van der Waals surface area (Å²) in [6.07, 6.45) is -0.494. The molecule has 0 spiro atoms. The number of rotatable bonds is 5. The fourth-order valence-electron chi connectivity index (χ4n) is 3.63. The molecule has 1 N–H and O–H groups in total. The molecular weight excluding hydrogens is 421 g/mol. The zero-order valence-electron chi connectivity index (χ0n) is 15.5. The van der Waals surface area contributed by atoms with Crippen LogP contribution in [0.1, 0.15) is 35.3 Å². The molecule has 3 aromatic rings. The van der Waals surface area contributed by atoms with E-state index in [-0.39, 0.29) is 17.5 Å². The molecule has 0 aliphatic heterocycles. The summed E-state index contributed by atoms with van der Waals surface area (Å²) in [6, 6.07) is 5.10. The summed E-state index contributed by atoms with van der Waals surface area (Å²) in [5.41, 5.74) is -0.575. The molecular formula is C20H19F3N2O2S2. The van der Waals surface area contributed by atoms with Crippen LogP contribution in [0.4, 0.5) is 13.2 Å². The summed E-state index contributed by atoms with van der Waals surface area (Å²) in [7, 11) is 0. The molecule has 0 amide bonds. The zero-order chi connectivity index (χ0) is 20.6. The summed E-state index contributed by atoms with van der Waals surface area (Å²) in [5.74, 6) is 0.452. The van der Waals surface area contributed by atoms with Crippen LogP contribution in [-0.2, 0) is 19.0 Å². The van der Waals surface area contributed by atoms with Gasteiger partial charge in [-0.15, -0.1) is 11.3 Å². The van der Waals surface area contributed by atoms with Gasteiger partial charge in [-0.05, 0) is 49.8 Å². The molecule has 154 valence electrons. The van der Waals surface area contributed by atoms with Crippen LogP contribution < -0.4 is 5.56 Å². The number of aliphatic hydroxyl groups excluding tert-OH is 1. The largest absolute Gasteiger partial charge is 0.418 e. The van der Waals surface area contributed by atoms with Gasteiger partial charge in [0, 0.05) is 17.2 Å². The van der Waals surface area contributed by atoms with Crippen molar-refractivity contribution in [1.29, 1.82) is 0 Å². The van der Waals surface area contributed by atoms with Gasteiger partial charge in [0.05, 0.1) is 16.6 Å². The van der Waals surface area contributed by atoms with Crippen molar-refractivity contribution < 1.29 is 18.3 Å². The SMILES string of the molecule is O=c1c2c3c(sc2nc(SCCCO)n1-c1ccccc1C(F)(F)F)CCCC3. The Hall–Kier alpha value is -1.84. The number of fused-ring (bicyclic) bond motifs is 3. The van der Waals surface area contributed by atoms with Gasteiger partial charge >= 0.3 is 6.18 Å². The quantitative estimate of drug-likeness (QED) is 0.351. The third-order valence-electron chi connectivity index (χ3n) is 4.94. The third kappa shape index (κ3) is 3.83. The number of thiophene rings is 1. The van der Waals surface area contributed by atoms with Gasteiger partial charge in [0.1, 0.15) is 4.83 Å². The number of aromatic nitrogens is 2. The van der Waals surface area contributed by atoms with E-state index >= 15 is 0 Å². The summed E-state index contributed by atoms with van der Waals surface area (Å²) < 4.78 is 42.1. The van der Waals surface area contributed by atoms with Crippen molar-refractivity contribution in [2.75, 3.05) is 12.4 Å². The molecule has 1 aliphatic carbocycles. The third-order valence-corrected chi connectivity index (χ3v) is 7.15. The Morgan fingerprint density at radius 3 is 2.72 bits per heavy atom. The van der Waals surface area contributed by atoms with Crippen molar-refractivity contribution in [3.8, 4) is 5.69 Å². The van der Waals surface area contributed by atoms with Crippen molar-refractivity contribution in [1.82, 2.24) is 9.55 Å². The Morgan fingerprint density at radius 1 is 1.21 bits per heavy atom. The molecule has 1 aliphatic rings. The summed E-state index contributed by atoms with van der Waals surface area (Å²) in [4.78, 5) is 19.8. The number of para-hydroxylation sites is 1. The van der Waals surface area contributed by atoms with Crippen molar-refractivity contribution in [2.24, 2.45) is 0 Å². The van der Waals surface area contributed by atoms with Gasteiger partial charge in [-0.1, -0.05) is 23.9 Å². The van der Waals surface area contributed by atoms with Gasteiger partial charge in [-0.3, -0.25) is 9.36 Å². The van der Waals surface area contributed by atoms with Crippen LogP contribution in [0.5, 0.6) is 0 Å². The maximum absolute atomic E-state index is 13.7. The van der Waals surface area contributed by atoms with Gasteiger partial charge in [-0.2, -0.15) is 13.2 Å². The van der Waals surface area contributed by atoms with E-state index in [4.69, 9.17) is 5.11 Å². The molecule has 0 radical (unpaired) electrons. The molecule has 4 nitrogen and oxygen atoms in total. The molecule has 2 heterocycles. The monoisotopic (exact) mass is 440 g/mol. The zero-order valence-corrected chi connectivity index (χ0v) is 17.1. The van der Waals surface area contributed by atoms with Gasteiger partial charge in [0.15, 0.2) is 5.16 Å². The molecule has 0 unspecified atom stereocenters. The highest BCUT2D eigenvalue weighted by atomic mass is 32.2. The predicted octanol–water partition coefficient (Wildman–Crippen LogP) is 4.82. The van der Waals surface area contributed by atoms with E-state index in [9.17, 15) is 18.0 Å². The first kappa shape index (κ1) is 20.4. The topological polar surface area (TPSA) is 55.1 Å². The first-order valence-electron chi connectivity index (χ1n) is 9.39. The van der Waals surface area contributed by atoms with Crippen LogP contribution in [0, 0.1) is 0 Å². The standard InChI is InChI=1S/C20H19F3N2O2S2/c21-20(22,23)13-7-2-3-8-14(13)25-18(27)16-12-6-1-4-9-15(12)29-17(16)24-19(25)28-11-5-10-26/h2-3,7-8,26H,1,4-6,9-11H2. The molecule has 0 bridgehead atoms. The average molecular weight is 441 g/mol. The first-order chi connectivity index (χ1) is 13.9. The lowest BCUT2D eigenvalue weighted by molar-refractivity contribution is -0.137. The van der Waals surface area contributed by atoms with E-state index in [0.717, 1.165) is 46.8 Å². The number of aliphatic hydroxyl groups is 1. The molecule has 9 heteroatoms. The highest BCUT2D eigenvalue weighted by molar-refractivity contribution is 7.99. The number of hydrogen-bond donors (Lipinski definition) is 1. The Labute approximate surface area is 173 Å². The first-order valence-corrected chi connectivity index (χ1v) is 11.2. The Balaban J connectivity index is 2.00. The maximum Gasteiger partial charge on any atom is 0.418 e. The van der Waals surface area contributed by atoms with E-state index < -0.39 is 17.3 Å². The van der Waals surface area contributed by atoms with Crippen LogP contribution in [0.3, 0.4) is 0 Å². The van der Waals surface area contributed by atoms with Crippen LogP contribution in [-0.4, -0.2) is 27.0 Å². The number of aryl methyl sites for hydroxylation is 2. The lowest BCUT2D eigenvalue weighted by atomic mass is 9.97. The van der Waals surface area contributed by atoms with E-state index in [1.807, 2.05) is 0 Å². The summed E-state index contributed by atoms with van der Waals surface area (Å²) >= 11 is 2.66. The van der Waals surface area contributed by atoms with E-state index in [0.29, 0.717) is 22.4 Å². The Morgan fingerprint density at radius 2 is 1.97 bits per heavy atom. The Bertz CT molecular complexity index is 1110. The lowest BCUT2D eigenvalue weighted by Gasteiger charge is -2.17. The van der Waals surface area contributed by atoms with Crippen LogP contribution >= 0.6 is 23.1 Å². The van der Waals surface area contributed by atoms with Gasteiger partial charge < -0.3 is 5.11 Å². The molecule has 4 rings (SSSR count). The highest BCUT2D eigenvalue weighted by Crippen LogP contribution is 2.37. The van der Waals surface area contributed by atoms with Gasteiger partial charge in [0.25, 0.3) is 5.56 Å². The van der Waals surface area contributed by atoms with Gasteiger partial charge in [-0.25, -0.2) is 4.98 Å². The minimum atomic E-state index is -4.59. The molecule has 0 saturated carbocycles. The van der Waals surface area contributed by atoms with Crippen molar-refractivity contribution >= 4 is 33.3 Å². The highest BCUT2D eigenvalue weighted by Gasteiger charge is 2.35. The minimum Gasteiger partial charge on any atom is -0.396 e. The molecule has 29 heavy (non-hydrogen) atoms. The molecule has 0 atom stereocenters. The number of halogens is 3. The fraction of sp³-hybridized carbons (Fsp3) is 0.400. The van der Waals surface area contributed by atoms with Crippen LogP contribution in [0.15, 0.2) is 34.2 Å². The van der Waals surface area contributed by atoms with E-state index in [1.54, 1.807) is 0 Å². The number of benzene rings is 1. The number of hydrogen-bond acceptors (Lipinski definition) is 5. The van der Waals surface area contributed by atoms with E-state index in [2.05, 4.69) is 4.98 Å². The minimum absolute atomic E-state index is 0.0358. The second kappa shape index (κ2) is 8.12. The molecule has 0 saturated heterocycles. The van der Waals surface area contributed by atoms with Crippen LogP contribution in [0.2, 0.25) is 0 Å². The molecule has 0 fully saturated rings. The molecule has 1 aromatic carbocycles. The normalized spacial score (nSPS) is 14.3. The number of thioether (sulfide) groups is 1. The van der Waals surface area contributed by atoms with Crippen molar-refractivity contribution in [3.05, 3.63) is 50.6 Å². The Kier molecular flexibility index (Phi) is 5.72. The number of nitrogens with zero attached hydrogens (tertiary/aromatic N) is 2. The predicted molar refractivity (Wildman–Crippen MR) is 109 cm³/mol.